The van der Waals surface area contributed by atoms with Crippen molar-refractivity contribution in [2.24, 2.45) is 0 Å². The van der Waals surface area contributed by atoms with E-state index in [4.69, 9.17) is 4.52 Å². The number of hydrogen-bond donors (Lipinski definition) is 0. The van der Waals surface area contributed by atoms with Crippen LogP contribution in [0.15, 0.2) is 53.1 Å². The lowest BCUT2D eigenvalue weighted by Gasteiger charge is -2.26. The van der Waals surface area contributed by atoms with Crippen LogP contribution in [0.25, 0.3) is 11.3 Å². The Hall–Kier alpha value is -3.02. The average molecular weight is 354 g/mol. The highest BCUT2D eigenvalue weighted by Crippen LogP contribution is 2.30. The van der Waals surface area contributed by atoms with Crippen LogP contribution in [0.4, 0.5) is 8.78 Å². The first-order chi connectivity index (χ1) is 12.6. The summed E-state index contributed by atoms with van der Waals surface area (Å²) in [6, 6.07) is 11.9. The molecule has 0 unspecified atom stereocenters. The summed E-state index contributed by atoms with van der Waals surface area (Å²) in [5.74, 6) is -0.108. The van der Waals surface area contributed by atoms with Gasteiger partial charge in [-0.1, -0.05) is 17.3 Å². The van der Waals surface area contributed by atoms with E-state index in [9.17, 15) is 13.6 Å². The fourth-order valence-corrected chi connectivity index (χ4v) is 3.14. The monoisotopic (exact) mass is 354 g/mol. The average Bonchev–Trinajstić information content (AvgIpc) is 3.07. The molecule has 6 heteroatoms. The Morgan fingerprint density at radius 2 is 1.69 bits per heavy atom. The minimum atomic E-state index is -0.322. The van der Waals surface area contributed by atoms with Gasteiger partial charge < -0.3 is 9.42 Å². The Kier molecular flexibility index (Phi) is 4.24. The molecule has 26 heavy (non-hydrogen) atoms. The largest absolute Gasteiger partial charge is 0.356 e. The maximum Gasteiger partial charge on any atom is 0.227 e. The van der Waals surface area contributed by atoms with Crippen molar-refractivity contribution in [3.05, 3.63) is 77.0 Å². The van der Waals surface area contributed by atoms with E-state index in [2.05, 4.69) is 5.16 Å². The van der Waals surface area contributed by atoms with Gasteiger partial charge in [0.15, 0.2) is 5.76 Å². The molecule has 2 aromatic carbocycles. The van der Waals surface area contributed by atoms with Crippen molar-refractivity contribution in [1.82, 2.24) is 10.1 Å². The van der Waals surface area contributed by atoms with Crippen molar-refractivity contribution in [3.8, 4) is 11.3 Å². The first kappa shape index (κ1) is 16.4. The van der Waals surface area contributed by atoms with Gasteiger partial charge in [0.25, 0.3) is 0 Å². The van der Waals surface area contributed by atoms with Crippen LogP contribution in [0.2, 0.25) is 0 Å². The van der Waals surface area contributed by atoms with Crippen LogP contribution in [0.5, 0.6) is 0 Å². The Morgan fingerprint density at radius 1 is 1.04 bits per heavy atom. The highest BCUT2D eigenvalue weighted by molar-refractivity contribution is 5.79. The fourth-order valence-electron chi connectivity index (χ4n) is 3.14. The highest BCUT2D eigenvalue weighted by Gasteiger charge is 2.27. The number of fused-ring (bicyclic) bond motifs is 1. The molecule has 4 rings (SSSR count). The highest BCUT2D eigenvalue weighted by atomic mass is 19.1. The summed E-state index contributed by atoms with van der Waals surface area (Å²) in [5.41, 5.74) is 3.18. The molecule has 0 N–H and O–H groups in total. The molecule has 0 aliphatic carbocycles. The molecular weight excluding hydrogens is 338 g/mol. The van der Waals surface area contributed by atoms with Crippen molar-refractivity contribution in [2.75, 3.05) is 6.54 Å². The molecule has 132 valence electrons. The van der Waals surface area contributed by atoms with E-state index in [1.54, 1.807) is 29.2 Å². The van der Waals surface area contributed by atoms with E-state index in [0.717, 1.165) is 22.4 Å². The summed E-state index contributed by atoms with van der Waals surface area (Å²) in [6.45, 7) is 0.952. The van der Waals surface area contributed by atoms with Crippen LogP contribution < -0.4 is 0 Å². The molecule has 4 nitrogen and oxygen atoms in total. The third-order valence-electron chi connectivity index (χ3n) is 4.56. The SMILES string of the molecule is O=C(Cc1ccc(F)cc1)N1CCc2noc(-c3ccc(F)cc3)c2C1. The maximum absolute atomic E-state index is 13.1. The van der Waals surface area contributed by atoms with Crippen molar-refractivity contribution in [2.45, 2.75) is 19.4 Å². The zero-order valence-electron chi connectivity index (χ0n) is 13.9. The molecule has 1 aromatic heterocycles. The number of hydrogen-bond acceptors (Lipinski definition) is 3. The summed E-state index contributed by atoms with van der Waals surface area (Å²) >= 11 is 0. The molecule has 0 fully saturated rings. The lowest BCUT2D eigenvalue weighted by Crippen LogP contribution is -2.36. The fraction of sp³-hybridized carbons (Fsp3) is 0.200. The number of nitrogens with zero attached hydrogens (tertiary/aromatic N) is 2. The Balaban J connectivity index is 1.53. The predicted molar refractivity (Wildman–Crippen MR) is 91.1 cm³/mol. The molecule has 0 saturated carbocycles. The standard InChI is InChI=1S/C20H16F2N2O2/c21-15-5-1-13(2-6-15)11-19(25)24-10-9-18-17(12-24)20(26-23-18)14-3-7-16(22)8-4-14/h1-8H,9-12H2. The summed E-state index contributed by atoms with van der Waals surface area (Å²) in [4.78, 5) is 14.4. The summed E-state index contributed by atoms with van der Waals surface area (Å²) in [6.07, 6.45) is 0.821. The van der Waals surface area contributed by atoms with Gasteiger partial charge >= 0.3 is 0 Å². The number of carbonyl (C=O) groups excluding carboxylic acids is 1. The van der Waals surface area contributed by atoms with Crippen LogP contribution in [-0.4, -0.2) is 22.5 Å². The number of carbonyl (C=O) groups is 1. The number of amides is 1. The number of aromatic nitrogens is 1. The lowest BCUT2D eigenvalue weighted by atomic mass is 10.0. The van der Waals surface area contributed by atoms with Crippen LogP contribution >= 0.6 is 0 Å². The first-order valence-electron chi connectivity index (χ1n) is 8.36. The van der Waals surface area contributed by atoms with Gasteiger partial charge in [-0.15, -0.1) is 0 Å². The molecule has 0 atom stereocenters. The number of benzene rings is 2. The van der Waals surface area contributed by atoms with E-state index in [1.807, 2.05) is 0 Å². The van der Waals surface area contributed by atoms with Crippen LogP contribution in [0.3, 0.4) is 0 Å². The van der Waals surface area contributed by atoms with Gasteiger partial charge in [0.05, 0.1) is 18.7 Å². The van der Waals surface area contributed by atoms with Gasteiger partial charge in [0.2, 0.25) is 5.91 Å². The summed E-state index contributed by atoms with van der Waals surface area (Å²) < 4.78 is 31.6. The van der Waals surface area contributed by atoms with Gasteiger partial charge in [0.1, 0.15) is 11.6 Å². The van der Waals surface area contributed by atoms with E-state index >= 15 is 0 Å². The summed E-state index contributed by atoms with van der Waals surface area (Å²) in [5, 5.41) is 4.09. The molecule has 1 aliphatic heterocycles. The Labute approximate surface area is 149 Å². The second kappa shape index (κ2) is 6.71. The van der Waals surface area contributed by atoms with Crippen molar-refractivity contribution >= 4 is 5.91 Å². The lowest BCUT2D eigenvalue weighted by molar-refractivity contribution is -0.131. The van der Waals surface area contributed by atoms with Gasteiger partial charge in [-0.3, -0.25) is 4.79 Å². The van der Waals surface area contributed by atoms with Gasteiger partial charge in [-0.05, 0) is 42.0 Å². The molecule has 0 spiro atoms. The summed E-state index contributed by atoms with van der Waals surface area (Å²) in [7, 11) is 0. The van der Waals surface area contributed by atoms with Gasteiger partial charge in [-0.25, -0.2) is 8.78 Å². The number of rotatable bonds is 3. The number of halogens is 2. The predicted octanol–water partition coefficient (Wildman–Crippen LogP) is 3.75. The molecular formula is C20H16F2N2O2. The quantitative estimate of drug-likeness (QED) is 0.720. The first-order valence-corrected chi connectivity index (χ1v) is 8.36. The second-order valence-corrected chi connectivity index (χ2v) is 6.31. The smallest absolute Gasteiger partial charge is 0.227 e. The molecule has 2 heterocycles. The van der Waals surface area contributed by atoms with Crippen molar-refractivity contribution in [3.63, 3.8) is 0 Å². The minimum absolute atomic E-state index is 0.0338. The van der Waals surface area contributed by atoms with Crippen LogP contribution in [0.1, 0.15) is 16.8 Å². The Morgan fingerprint density at radius 3 is 2.38 bits per heavy atom. The Bertz CT molecular complexity index is 933. The van der Waals surface area contributed by atoms with Crippen molar-refractivity contribution in [1.29, 1.82) is 0 Å². The van der Waals surface area contributed by atoms with E-state index < -0.39 is 0 Å². The third kappa shape index (κ3) is 3.22. The maximum atomic E-state index is 13.1. The molecule has 3 aromatic rings. The molecule has 1 aliphatic rings. The van der Waals surface area contributed by atoms with Crippen LogP contribution in [-0.2, 0) is 24.2 Å². The van der Waals surface area contributed by atoms with E-state index in [1.165, 1.54) is 24.3 Å². The topological polar surface area (TPSA) is 46.3 Å². The van der Waals surface area contributed by atoms with E-state index in [-0.39, 0.29) is 24.0 Å². The normalized spacial score (nSPS) is 13.5. The zero-order valence-corrected chi connectivity index (χ0v) is 13.9. The molecule has 0 saturated heterocycles. The van der Waals surface area contributed by atoms with Gasteiger partial charge in [0, 0.05) is 24.1 Å². The third-order valence-corrected chi connectivity index (χ3v) is 4.56. The minimum Gasteiger partial charge on any atom is -0.356 e. The molecule has 0 radical (unpaired) electrons. The zero-order chi connectivity index (χ0) is 18.1. The molecule has 1 amide bonds. The second-order valence-electron chi connectivity index (χ2n) is 6.31. The van der Waals surface area contributed by atoms with Crippen LogP contribution in [0, 0.1) is 11.6 Å². The molecule has 0 bridgehead atoms. The van der Waals surface area contributed by atoms with Gasteiger partial charge in [-0.2, -0.15) is 0 Å². The van der Waals surface area contributed by atoms with Crippen molar-refractivity contribution < 1.29 is 18.1 Å². The van der Waals surface area contributed by atoms with E-state index in [0.29, 0.717) is 25.3 Å².